The zero-order valence-electron chi connectivity index (χ0n) is 30.5. The van der Waals surface area contributed by atoms with Crippen LogP contribution in [0.5, 0.6) is 0 Å². The molecule has 1 aliphatic heterocycles. The predicted molar refractivity (Wildman–Crippen MR) is 186 cm³/mol. The van der Waals surface area contributed by atoms with E-state index in [9.17, 15) is 24.9 Å². The zero-order valence-corrected chi connectivity index (χ0v) is 30.5. The molecule has 0 bridgehead atoms. The van der Waals surface area contributed by atoms with Crippen LogP contribution < -0.4 is 5.73 Å². The average Bonchev–Trinajstić information content (AvgIpc) is 3.04. The van der Waals surface area contributed by atoms with Crippen molar-refractivity contribution in [1.29, 1.82) is 0 Å². The van der Waals surface area contributed by atoms with Crippen molar-refractivity contribution in [2.24, 2.45) is 47.2 Å². The van der Waals surface area contributed by atoms with E-state index in [-0.39, 0.29) is 42.3 Å². The highest BCUT2D eigenvalue weighted by atomic mass is 16.7. The van der Waals surface area contributed by atoms with E-state index >= 15 is 0 Å². The quantitative estimate of drug-likeness (QED) is 0.0404. The van der Waals surface area contributed by atoms with Crippen molar-refractivity contribution in [3.05, 3.63) is 48.6 Å². The largest absolute Gasteiger partial charge is 0.462 e. The minimum Gasteiger partial charge on any atom is -0.462 e. The van der Waals surface area contributed by atoms with Gasteiger partial charge in [-0.1, -0.05) is 90.2 Å². The van der Waals surface area contributed by atoms with Crippen molar-refractivity contribution < 1.29 is 48.6 Å². The Kier molecular flexibility index (Phi) is 20.1. The standard InChI is InChI=1S/C37H63NO10/c1-11-12-13-24(4)35(48-37(38)43)28(8)33(40)26(6)19-22(2)18-25(5)32(39)23(3)14-15-30(46-21-45-17-16-44-10)20-31-27(7)34(41)29(9)36(42)47-31/h11-15,18,23-35,39-41H,1,16-17,19-21H2,2-10H3,(H2,38,43)/t23-,24-,25-,26-,27-,28-,29+,30+,31?,32-,33+,34-,35-/m0/s1. The molecule has 0 aliphatic carbocycles. The summed E-state index contributed by atoms with van der Waals surface area (Å²) < 4.78 is 27.5. The van der Waals surface area contributed by atoms with E-state index in [2.05, 4.69) is 6.58 Å². The Bertz CT molecular complexity index is 1060. The topological polar surface area (TPSA) is 167 Å². The zero-order chi connectivity index (χ0) is 36.6. The molecule has 1 fully saturated rings. The molecular formula is C37H63NO10. The SMILES string of the molecule is C=CC=C[C@H](C)[C@H](OC(N)=O)[C@@H](C)[C@H](O)[C@@H](C)CC(C)=C[C@H](C)[C@@H](O)[C@@H](C)C=C[C@H](CC1OC(=O)[C@H](C)[C@@H](O)[C@H]1C)OCOCCOC. The van der Waals surface area contributed by atoms with Gasteiger partial charge in [0.2, 0.25) is 0 Å². The first-order valence-corrected chi connectivity index (χ1v) is 17.1. The number of nitrogens with two attached hydrogens (primary N) is 1. The summed E-state index contributed by atoms with van der Waals surface area (Å²) in [6.07, 6.45) is 7.09. The van der Waals surface area contributed by atoms with Gasteiger partial charge in [-0.3, -0.25) is 4.79 Å². The number of esters is 1. The monoisotopic (exact) mass is 681 g/mol. The number of aliphatic hydroxyl groups excluding tert-OH is 3. The van der Waals surface area contributed by atoms with Gasteiger partial charge in [-0.05, 0) is 26.2 Å². The predicted octanol–water partition coefficient (Wildman–Crippen LogP) is 4.94. The van der Waals surface area contributed by atoms with Gasteiger partial charge in [0.1, 0.15) is 19.0 Å². The molecule has 0 aromatic rings. The van der Waals surface area contributed by atoms with Gasteiger partial charge in [0.15, 0.2) is 0 Å². The maximum Gasteiger partial charge on any atom is 0.404 e. The highest BCUT2D eigenvalue weighted by Crippen LogP contribution is 2.31. The molecule has 1 aliphatic rings. The van der Waals surface area contributed by atoms with Gasteiger partial charge in [-0.25, -0.2) is 4.79 Å². The lowest BCUT2D eigenvalue weighted by Gasteiger charge is -2.37. The summed E-state index contributed by atoms with van der Waals surface area (Å²) in [6, 6.07) is 0. The Balaban J connectivity index is 2.93. The average molecular weight is 682 g/mol. The van der Waals surface area contributed by atoms with E-state index < -0.39 is 54.6 Å². The lowest BCUT2D eigenvalue weighted by atomic mass is 9.81. The Morgan fingerprint density at radius 3 is 2.29 bits per heavy atom. The molecule has 0 radical (unpaired) electrons. The normalized spacial score (nSPS) is 26.2. The van der Waals surface area contributed by atoms with Crippen LogP contribution in [0.3, 0.4) is 0 Å². The van der Waals surface area contributed by atoms with Crippen LogP contribution in [0.1, 0.15) is 68.2 Å². The Labute approximate surface area is 288 Å². The highest BCUT2D eigenvalue weighted by Gasteiger charge is 2.41. The second kappa shape index (κ2) is 22.2. The molecular weight excluding hydrogens is 618 g/mol. The number of amides is 1. The van der Waals surface area contributed by atoms with E-state index in [1.54, 1.807) is 26.2 Å². The van der Waals surface area contributed by atoms with Gasteiger partial charge >= 0.3 is 12.1 Å². The number of hydrogen-bond acceptors (Lipinski definition) is 10. The third-order valence-electron chi connectivity index (χ3n) is 9.40. The minimum atomic E-state index is -0.888. The number of cyclic esters (lactones) is 1. The van der Waals surface area contributed by atoms with Crippen molar-refractivity contribution in [2.75, 3.05) is 27.1 Å². The van der Waals surface area contributed by atoms with Crippen LogP contribution in [0, 0.1) is 41.4 Å². The number of carbonyl (C=O) groups is 2. The minimum absolute atomic E-state index is 0.00410. The number of primary amides is 1. The molecule has 1 rings (SSSR count). The van der Waals surface area contributed by atoms with E-state index in [1.807, 2.05) is 72.8 Å². The first-order chi connectivity index (χ1) is 22.5. The summed E-state index contributed by atoms with van der Waals surface area (Å²) in [4.78, 5) is 23.9. The molecule has 0 saturated carbocycles. The van der Waals surface area contributed by atoms with Crippen LogP contribution in [-0.2, 0) is 28.5 Å². The Hall–Kier alpha value is -2.54. The molecule has 1 amide bonds. The second-order valence-corrected chi connectivity index (χ2v) is 13.6. The Morgan fingerprint density at radius 1 is 1.02 bits per heavy atom. The third kappa shape index (κ3) is 14.5. The fraction of sp³-hybridized carbons (Fsp3) is 0.730. The number of ether oxygens (including phenoxy) is 5. The fourth-order valence-corrected chi connectivity index (χ4v) is 6.25. The second-order valence-electron chi connectivity index (χ2n) is 13.6. The first-order valence-electron chi connectivity index (χ1n) is 17.1. The van der Waals surface area contributed by atoms with Gasteiger partial charge in [-0.2, -0.15) is 0 Å². The van der Waals surface area contributed by atoms with E-state index in [1.165, 1.54) is 0 Å². The van der Waals surface area contributed by atoms with E-state index in [0.29, 0.717) is 26.1 Å². The van der Waals surface area contributed by atoms with E-state index in [0.717, 1.165) is 5.57 Å². The van der Waals surface area contributed by atoms with Gasteiger partial charge in [-0.15, -0.1) is 0 Å². The van der Waals surface area contributed by atoms with Crippen molar-refractivity contribution >= 4 is 12.1 Å². The number of rotatable bonds is 22. The maximum absolute atomic E-state index is 12.3. The first kappa shape index (κ1) is 43.5. The lowest BCUT2D eigenvalue weighted by Crippen LogP contribution is -2.47. The molecule has 11 heteroatoms. The molecule has 0 aromatic carbocycles. The van der Waals surface area contributed by atoms with Crippen LogP contribution in [-0.4, -0.2) is 91.1 Å². The molecule has 1 heterocycles. The Morgan fingerprint density at radius 2 is 1.69 bits per heavy atom. The van der Waals surface area contributed by atoms with Crippen molar-refractivity contribution in [2.45, 2.75) is 105 Å². The van der Waals surface area contributed by atoms with Gasteiger partial charge in [0.05, 0.1) is 43.5 Å². The summed E-state index contributed by atoms with van der Waals surface area (Å²) in [5.74, 6) is -2.47. The molecule has 11 nitrogen and oxygen atoms in total. The molecule has 1 saturated heterocycles. The summed E-state index contributed by atoms with van der Waals surface area (Å²) in [5, 5.41) is 32.9. The van der Waals surface area contributed by atoms with E-state index in [4.69, 9.17) is 29.4 Å². The smallest absolute Gasteiger partial charge is 0.404 e. The highest BCUT2D eigenvalue weighted by molar-refractivity contribution is 5.73. The van der Waals surface area contributed by atoms with Crippen molar-refractivity contribution in [1.82, 2.24) is 0 Å². The molecule has 48 heavy (non-hydrogen) atoms. The lowest BCUT2D eigenvalue weighted by molar-refractivity contribution is -0.181. The van der Waals surface area contributed by atoms with Gasteiger partial charge in [0.25, 0.3) is 0 Å². The summed E-state index contributed by atoms with van der Waals surface area (Å²) >= 11 is 0. The number of methoxy groups -OCH3 is 1. The van der Waals surface area contributed by atoms with Crippen LogP contribution >= 0.6 is 0 Å². The summed E-state index contributed by atoms with van der Waals surface area (Å²) in [6.45, 7) is 19.5. The molecule has 13 atom stereocenters. The number of aliphatic hydroxyl groups is 3. The molecule has 276 valence electrons. The van der Waals surface area contributed by atoms with Gasteiger partial charge < -0.3 is 44.7 Å². The summed E-state index contributed by atoms with van der Waals surface area (Å²) in [5.41, 5.74) is 6.34. The van der Waals surface area contributed by atoms with Crippen molar-refractivity contribution in [3.8, 4) is 0 Å². The number of hydrogen-bond donors (Lipinski definition) is 4. The number of carbonyl (C=O) groups excluding carboxylic acids is 2. The van der Waals surface area contributed by atoms with Crippen LogP contribution in [0.4, 0.5) is 4.79 Å². The molecule has 0 spiro atoms. The molecule has 0 aromatic heterocycles. The van der Waals surface area contributed by atoms with Crippen LogP contribution in [0.2, 0.25) is 0 Å². The molecule has 5 N–H and O–H groups in total. The fourth-order valence-electron chi connectivity index (χ4n) is 6.25. The van der Waals surface area contributed by atoms with Crippen LogP contribution in [0.25, 0.3) is 0 Å². The van der Waals surface area contributed by atoms with Crippen LogP contribution in [0.15, 0.2) is 48.6 Å². The van der Waals surface area contributed by atoms with Gasteiger partial charge in [0, 0.05) is 43.1 Å². The van der Waals surface area contributed by atoms with Crippen molar-refractivity contribution in [3.63, 3.8) is 0 Å². The number of allylic oxidation sites excluding steroid dienone is 3. The molecule has 1 unspecified atom stereocenters. The third-order valence-corrected chi connectivity index (χ3v) is 9.40. The summed E-state index contributed by atoms with van der Waals surface area (Å²) in [7, 11) is 1.58. The maximum atomic E-state index is 12.3.